The molecule has 0 aliphatic heterocycles. The molecule has 0 aliphatic carbocycles. The second-order valence-corrected chi connectivity index (χ2v) is 4.28. The van der Waals surface area contributed by atoms with Crippen molar-refractivity contribution in [1.29, 1.82) is 0 Å². The quantitative estimate of drug-likeness (QED) is 0.502. The highest BCUT2D eigenvalue weighted by Crippen LogP contribution is 2.17. The van der Waals surface area contributed by atoms with Crippen LogP contribution in [0, 0.1) is 5.82 Å². The molecule has 0 unspecified atom stereocenters. The molecular weight excluding hydrogens is 279 g/mol. The topological polar surface area (TPSA) is 87.7 Å². The Morgan fingerprint density at radius 2 is 1.81 bits per heavy atom. The Morgan fingerprint density at radius 3 is 2.43 bits per heavy atom. The monoisotopic (exact) mass is 290 g/mol. The largest absolute Gasteiger partial charge is 0.502 e. The average Bonchev–Trinajstić information content (AvgIpc) is 2.89. The molecule has 2 aromatic rings. The van der Waals surface area contributed by atoms with Crippen LogP contribution in [-0.4, -0.2) is 22.0 Å². The van der Waals surface area contributed by atoms with Crippen LogP contribution in [0.1, 0.15) is 21.7 Å². The Morgan fingerprint density at radius 1 is 1.14 bits per heavy atom. The summed E-state index contributed by atoms with van der Waals surface area (Å²) in [7, 11) is 0. The lowest BCUT2D eigenvalue weighted by molar-refractivity contribution is -0.135. The maximum absolute atomic E-state index is 12.8. The van der Waals surface area contributed by atoms with Crippen LogP contribution in [-0.2, 0) is 11.2 Å². The molecule has 0 radical (unpaired) electrons. The van der Waals surface area contributed by atoms with E-state index in [1.165, 1.54) is 18.4 Å². The Kier molecular flexibility index (Phi) is 4.18. The highest BCUT2D eigenvalue weighted by atomic mass is 19.1. The Labute approximate surface area is 118 Å². The van der Waals surface area contributed by atoms with Gasteiger partial charge in [-0.25, -0.2) is 9.18 Å². The van der Waals surface area contributed by atoms with Gasteiger partial charge in [0.05, 0.1) is 6.26 Å². The summed E-state index contributed by atoms with van der Waals surface area (Å²) < 4.78 is 17.9. The fourth-order valence-electron chi connectivity index (χ4n) is 1.76. The maximum atomic E-state index is 12.8. The van der Waals surface area contributed by atoms with E-state index in [0.29, 0.717) is 18.1 Å². The van der Waals surface area contributed by atoms with Gasteiger partial charge in [-0.2, -0.15) is 0 Å². The van der Waals surface area contributed by atoms with E-state index in [1.54, 1.807) is 18.2 Å². The van der Waals surface area contributed by atoms with Gasteiger partial charge < -0.3 is 14.6 Å². The molecule has 1 aromatic heterocycles. The fourth-order valence-corrected chi connectivity index (χ4v) is 1.76. The van der Waals surface area contributed by atoms with Crippen LogP contribution >= 0.6 is 0 Å². The number of carboxylic acids is 1. The van der Waals surface area contributed by atoms with Gasteiger partial charge in [-0.15, -0.1) is 0 Å². The summed E-state index contributed by atoms with van der Waals surface area (Å²) in [6.45, 7) is 0. The molecule has 0 saturated heterocycles. The van der Waals surface area contributed by atoms with Crippen LogP contribution in [0.2, 0.25) is 0 Å². The molecule has 108 valence electrons. The molecule has 0 saturated carbocycles. The number of rotatable bonds is 5. The van der Waals surface area contributed by atoms with Crippen molar-refractivity contribution in [3.63, 3.8) is 0 Å². The Balaban J connectivity index is 2.22. The summed E-state index contributed by atoms with van der Waals surface area (Å²) in [6.07, 6.45) is 2.19. The van der Waals surface area contributed by atoms with Crippen LogP contribution < -0.4 is 0 Å². The van der Waals surface area contributed by atoms with Crippen LogP contribution in [0.3, 0.4) is 0 Å². The summed E-state index contributed by atoms with van der Waals surface area (Å²) in [5, 5.41) is 17.6. The van der Waals surface area contributed by atoms with Crippen molar-refractivity contribution in [2.24, 2.45) is 0 Å². The van der Waals surface area contributed by atoms with Gasteiger partial charge in [0, 0.05) is 18.1 Å². The van der Waals surface area contributed by atoms with Crippen LogP contribution in [0.15, 0.2) is 52.8 Å². The minimum Gasteiger partial charge on any atom is -0.502 e. The van der Waals surface area contributed by atoms with Gasteiger partial charge >= 0.3 is 5.97 Å². The van der Waals surface area contributed by atoms with Crippen molar-refractivity contribution < 1.29 is 28.6 Å². The molecule has 0 atom stereocenters. The number of ketones is 1. The number of aliphatic hydroxyl groups is 1. The number of allylic oxidation sites excluding steroid dienone is 1. The predicted molar refractivity (Wildman–Crippen MR) is 70.6 cm³/mol. The first-order valence-electron chi connectivity index (χ1n) is 5.96. The zero-order chi connectivity index (χ0) is 15.4. The number of carboxylic acid groups (broad SMARTS) is 1. The predicted octanol–water partition coefficient (Wildman–Crippen LogP) is 2.72. The van der Waals surface area contributed by atoms with E-state index in [-0.39, 0.29) is 11.6 Å². The molecule has 1 aromatic carbocycles. The zero-order valence-corrected chi connectivity index (χ0v) is 10.7. The zero-order valence-electron chi connectivity index (χ0n) is 10.7. The number of furan rings is 1. The van der Waals surface area contributed by atoms with Crippen LogP contribution in [0.4, 0.5) is 4.39 Å². The van der Waals surface area contributed by atoms with Crippen molar-refractivity contribution in [2.45, 2.75) is 6.42 Å². The van der Waals surface area contributed by atoms with E-state index in [2.05, 4.69) is 0 Å². The summed E-state index contributed by atoms with van der Waals surface area (Å²) in [5.41, 5.74) is 1.28. The van der Waals surface area contributed by atoms with Gasteiger partial charge in [0.15, 0.2) is 5.76 Å². The minimum absolute atomic E-state index is 0.0628. The first-order chi connectivity index (χ1) is 9.97. The summed E-state index contributed by atoms with van der Waals surface area (Å²) >= 11 is 0. The Bertz CT molecular complexity index is 697. The van der Waals surface area contributed by atoms with Crippen LogP contribution in [0.25, 0.3) is 0 Å². The van der Waals surface area contributed by atoms with Crippen molar-refractivity contribution in [3.05, 3.63) is 71.1 Å². The van der Waals surface area contributed by atoms with Crippen LogP contribution in [0.5, 0.6) is 0 Å². The summed E-state index contributed by atoms with van der Waals surface area (Å²) in [4.78, 5) is 22.3. The number of aliphatic hydroxyl groups excluding tert-OH is 1. The lowest BCUT2D eigenvalue weighted by atomic mass is 10.0. The van der Waals surface area contributed by atoms with E-state index < -0.39 is 17.5 Å². The molecule has 5 nitrogen and oxygen atoms in total. The molecule has 0 fully saturated rings. The highest BCUT2D eigenvalue weighted by Gasteiger charge is 2.16. The van der Waals surface area contributed by atoms with Crippen molar-refractivity contribution >= 4 is 11.8 Å². The van der Waals surface area contributed by atoms with Crippen molar-refractivity contribution in [3.8, 4) is 0 Å². The van der Waals surface area contributed by atoms with Gasteiger partial charge in [-0.1, -0.05) is 12.1 Å². The van der Waals surface area contributed by atoms with Crippen molar-refractivity contribution in [2.75, 3.05) is 0 Å². The molecule has 0 bridgehead atoms. The molecule has 0 aliphatic rings. The molecule has 6 heteroatoms. The molecule has 0 spiro atoms. The van der Waals surface area contributed by atoms with E-state index in [9.17, 15) is 14.0 Å². The van der Waals surface area contributed by atoms with Gasteiger partial charge in [0.1, 0.15) is 5.82 Å². The van der Waals surface area contributed by atoms with Gasteiger partial charge in [-0.3, -0.25) is 4.79 Å². The smallest absolute Gasteiger partial charge is 0.371 e. The number of carbonyl (C=O) groups is 2. The molecule has 1 heterocycles. The second-order valence-electron chi connectivity index (χ2n) is 4.28. The van der Waals surface area contributed by atoms with E-state index >= 15 is 0 Å². The average molecular weight is 290 g/mol. The fraction of sp³-hybridized carbons (Fsp3) is 0.0667. The maximum Gasteiger partial charge on any atom is 0.371 e. The molecule has 21 heavy (non-hydrogen) atoms. The highest BCUT2D eigenvalue weighted by molar-refractivity contribution is 6.06. The first-order valence-corrected chi connectivity index (χ1v) is 5.96. The third-order valence-corrected chi connectivity index (χ3v) is 2.77. The number of benzene rings is 1. The molecule has 0 amide bonds. The normalized spacial score (nSPS) is 11.4. The third kappa shape index (κ3) is 3.56. The Hall–Kier alpha value is -2.89. The standard InChI is InChI=1S/C15H11FO5/c16-11-3-1-9(2-4-11)7-10-5-6-21-14(10)12(17)8-13(18)15(19)20/h1-6,8,18H,7H2,(H,19,20). The van der Waals surface area contributed by atoms with E-state index in [0.717, 1.165) is 5.56 Å². The van der Waals surface area contributed by atoms with Gasteiger partial charge in [-0.05, 0) is 23.8 Å². The number of hydrogen-bond donors (Lipinski definition) is 2. The number of carbonyl (C=O) groups excluding carboxylic acids is 1. The lowest BCUT2D eigenvalue weighted by Crippen LogP contribution is -2.05. The molecule has 2 N–H and O–H groups in total. The molecule has 2 rings (SSSR count). The third-order valence-electron chi connectivity index (χ3n) is 2.77. The minimum atomic E-state index is -1.60. The van der Waals surface area contributed by atoms with Gasteiger partial charge in [0.2, 0.25) is 11.5 Å². The van der Waals surface area contributed by atoms with E-state index in [4.69, 9.17) is 14.6 Å². The van der Waals surface area contributed by atoms with E-state index in [1.807, 2.05) is 0 Å². The number of halogens is 1. The number of aliphatic carboxylic acids is 1. The van der Waals surface area contributed by atoms with Crippen molar-refractivity contribution in [1.82, 2.24) is 0 Å². The molecular formula is C15H11FO5. The lowest BCUT2D eigenvalue weighted by Gasteiger charge is -2.01. The number of hydrogen-bond acceptors (Lipinski definition) is 4. The second kappa shape index (κ2) is 6.04. The first kappa shape index (κ1) is 14.5. The summed E-state index contributed by atoms with van der Waals surface area (Å²) in [6, 6.07) is 7.30. The summed E-state index contributed by atoms with van der Waals surface area (Å²) in [5.74, 6) is -3.85. The van der Waals surface area contributed by atoms with Gasteiger partial charge in [0.25, 0.3) is 0 Å². The SMILES string of the molecule is O=C(O)C(O)=CC(=O)c1occc1Cc1ccc(F)cc1.